The number of aliphatic imine (C=N–C) groups is 1. The smallest absolute Gasteiger partial charge is 0.183 e. The summed E-state index contributed by atoms with van der Waals surface area (Å²) in [5.74, 6) is -0.633. The number of phenols is 1. The fraction of sp³-hybridized carbons (Fsp3) is 0.111. The molecule has 78 valence electrons. The normalized spacial score (nSPS) is 10.9. The lowest BCUT2D eigenvalue weighted by Gasteiger charge is -2.01. The maximum atomic E-state index is 12.8. The highest BCUT2D eigenvalue weighted by atomic mass is 32.2. The van der Waals surface area contributed by atoms with E-state index >= 15 is 0 Å². The standard InChI is InChI=1S/C9H8FN3OS/c1-15-9(12-5-11)13-7-4-6(10)2-3-8(7)14/h2-4,14H,1H3,(H,12,13). The van der Waals surface area contributed by atoms with Gasteiger partial charge in [-0.05, 0) is 18.4 Å². The first-order valence-corrected chi connectivity index (χ1v) is 5.16. The zero-order chi connectivity index (χ0) is 11.3. The third-order valence-corrected chi connectivity index (χ3v) is 2.10. The highest BCUT2D eigenvalue weighted by molar-refractivity contribution is 8.13. The highest BCUT2D eigenvalue weighted by Gasteiger charge is 2.03. The highest BCUT2D eigenvalue weighted by Crippen LogP contribution is 2.27. The number of nitrogens with zero attached hydrogens (tertiary/aromatic N) is 2. The van der Waals surface area contributed by atoms with Gasteiger partial charge in [0.1, 0.15) is 17.3 Å². The van der Waals surface area contributed by atoms with Crippen LogP contribution in [0.5, 0.6) is 5.75 Å². The zero-order valence-corrected chi connectivity index (χ0v) is 8.68. The van der Waals surface area contributed by atoms with E-state index in [1.165, 1.54) is 17.8 Å². The molecule has 0 fully saturated rings. The first-order chi connectivity index (χ1) is 7.17. The van der Waals surface area contributed by atoms with Crippen LogP contribution in [0.2, 0.25) is 0 Å². The van der Waals surface area contributed by atoms with Crippen molar-refractivity contribution in [2.75, 3.05) is 6.26 Å². The first kappa shape index (κ1) is 11.3. The molecule has 1 aromatic rings. The Morgan fingerprint density at radius 2 is 2.40 bits per heavy atom. The molecule has 0 unspecified atom stereocenters. The Morgan fingerprint density at radius 1 is 1.67 bits per heavy atom. The molecule has 15 heavy (non-hydrogen) atoms. The van der Waals surface area contributed by atoms with Crippen molar-refractivity contribution in [2.24, 2.45) is 4.99 Å². The molecule has 0 aliphatic heterocycles. The van der Waals surface area contributed by atoms with Crippen molar-refractivity contribution < 1.29 is 9.50 Å². The summed E-state index contributed by atoms with van der Waals surface area (Å²) in [5, 5.41) is 20.3. The van der Waals surface area contributed by atoms with Crippen LogP contribution in [-0.2, 0) is 0 Å². The zero-order valence-electron chi connectivity index (χ0n) is 7.86. The predicted molar refractivity (Wildman–Crippen MR) is 57.4 cm³/mol. The molecule has 1 rings (SSSR count). The van der Waals surface area contributed by atoms with E-state index in [0.717, 1.165) is 12.1 Å². The van der Waals surface area contributed by atoms with Crippen molar-refractivity contribution in [1.29, 1.82) is 5.26 Å². The SMILES string of the molecule is CSC(=Nc1cc(F)ccc1O)NC#N. The molecule has 0 saturated carbocycles. The molecule has 2 N–H and O–H groups in total. The van der Waals surface area contributed by atoms with E-state index in [0.29, 0.717) is 5.17 Å². The largest absolute Gasteiger partial charge is 0.506 e. The molecule has 0 aliphatic carbocycles. The summed E-state index contributed by atoms with van der Waals surface area (Å²) in [7, 11) is 0. The van der Waals surface area contributed by atoms with E-state index in [1.54, 1.807) is 12.4 Å². The van der Waals surface area contributed by atoms with Crippen LogP contribution in [0.4, 0.5) is 10.1 Å². The molecule has 6 heteroatoms. The number of nitriles is 1. The number of phenolic OH excluding ortho intramolecular Hbond substituents is 1. The van der Waals surface area contributed by atoms with Gasteiger partial charge in [-0.1, -0.05) is 11.8 Å². The maximum Gasteiger partial charge on any atom is 0.183 e. The molecule has 0 aliphatic rings. The number of hydrogen-bond acceptors (Lipinski definition) is 4. The van der Waals surface area contributed by atoms with E-state index < -0.39 is 5.82 Å². The van der Waals surface area contributed by atoms with E-state index in [1.807, 2.05) is 0 Å². The van der Waals surface area contributed by atoms with Gasteiger partial charge in [-0.15, -0.1) is 0 Å². The van der Waals surface area contributed by atoms with Crippen molar-refractivity contribution in [3.8, 4) is 11.9 Å². The quantitative estimate of drug-likeness (QED) is 0.332. The predicted octanol–water partition coefficient (Wildman–Crippen LogP) is 1.95. The second-order valence-electron chi connectivity index (χ2n) is 2.49. The van der Waals surface area contributed by atoms with Crippen molar-refractivity contribution in [2.45, 2.75) is 0 Å². The number of hydrogen-bond donors (Lipinski definition) is 2. The lowest BCUT2D eigenvalue weighted by molar-refractivity contribution is 0.475. The number of amidine groups is 1. The van der Waals surface area contributed by atoms with Crippen LogP contribution in [-0.4, -0.2) is 16.5 Å². The third kappa shape index (κ3) is 3.14. The minimum absolute atomic E-state index is 0.0853. The van der Waals surface area contributed by atoms with Crippen LogP contribution in [0.15, 0.2) is 23.2 Å². The number of thioether (sulfide) groups is 1. The van der Waals surface area contributed by atoms with Crippen LogP contribution >= 0.6 is 11.8 Å². The molecule has 0 bridgehead atoms. The minimum Gasteiger partial charge on any atom is -0.506 e. The van der Waals surface area contributed by atoms with Crippen molar-refractivity contribution in [3.05, 3.63) is 24.0 Å². The van der Waals surface area contributed by atoms with Crippen molar-refractivity contribution in [3.63, 3.8) is 0 Å². The first-order valence-electron chi connectivity index (χ1n) is 3.93. The molecular weight excluding hydrogens is 217 g/mol. The Hall–Kier alpha value is -1.74. The fourth-order valence-electron chi connectivity index (χ4n) is 0.868. The van der Waals surface area contributed by atoms with Crippen molar-refractivity contribution in [1.82, 2.24) is 5.32 Å². The van der Waals surface area contributed by atoms with E-state index in [9.17, 15) is 9.50 Å². The molecule has 0 saturated heterocycles. The molecule has 0 spiro atoms. The Balaban J connectivity index is 3.05. The summed E-state index contributed by atoms with van der Waals surface area (Å²) >= 11 is 1.19. The molecule has 0 amide bonds. The average molecular weight is 225 g/mol. The summed E-state index contributed by atoms with van der Waals surface area (Å²) in [5.41, 5.74) is 0.0853. The van der Waals surface area contributed by atoms with Crippen LogP contribution in [0, 0.1) is 17.3 Å². The van der Waals surface area contributed by atoms with Crippen LogP contribution in [0.1, 0.15) is 0 Å². The molecule has 1 aromatic carbocycles. The van der Waals surface area contributed by atoms with Crippen LogP contribution in [0.3, 0.4) is 0 Å². The van der Waals surface area contributed by atoms with Gasteiger partial charge in [0.15, 0.2) is 11.4 Å². The second kappa shape index (κ2) is 5.22. The minimum atomic E-state index is -0.496. The maximum absolute atomic E-state index is 12.8. The van der Waals surface area contributed by atoms with Gasteiger partial charge in [-0.3, -0.25) is 5.32 Å². The average Bonchev–Trinajstić information content (AvgIpc) is 2.22. The molecule has 0 heterocycles. The summed E-state index contributed by atoms with van der Waals surface area (Å²) in [6.07, 6.45) is 3.40. The monoisotopic (exact) mass is 225 g/mol. The Bertz CT molecular complexity index is 428. The fourth-order valence-corrected chi connectivity index (χ4v) is 1.21. The summed E-state index contributed by atoms with van der Waals surface area (Å²) in [6.45, 7) is 0. The lowest BCUT2D eigenvalue weighted by atomic mass is 10.3. The van der Waals surface area contributed by atoms with Gasteiger partial charge in [-0.2, -0.15) is 5.26 Å². The molecule has 0 atom stereocenters. The number of nitrogens with one attached hydrogen (secondary N) is 1. The summed E-state index contributed by atoms with van der Waals surface area (Å²) in [4.78, 5) is 3.88. The van der Waals surface area contributed by atoms with Gasteiger partial charge < -0.3 is 5.11 Å². The van der Waals surface area contributed by atoms with E-state index in [-0.39, 0.29) is 11.4 Å². The number of aromatic hydroxyl groups is 1. The topological polar surface area (TPSA) is 68.4 Å². The number of benzene rings is 1. The van der Waals surface area contributed by atoms with E-state index in [4.69, 9.17) is 5.26 Å². The molecule has 0 aromatic heterocycles. The van der Waals surface area contributed by atoms with E-state index in [2.05, 4.69) is 10.3 Å². The summed E-state index contributed by atoms with van der Waals surface area (Å²) < 4.78 is 12.8. The Kier molecular flexibility index (Phi) is 3.94. The van der Waals surface area contributed by atoms with Gasteiger partial charge in [0.2, 0.25) is 0 Å². The second-order valence-corrected chi connectivity index (χ2v) is 3.29. The number of halogens is 1. The van der Waals surface area contributed by atoms with Crippen molar-refractivity contribution >= 4 is 22.6 Å². The molecule has 0 radical (unpaired) electrons. The Labute approximate surface area is 90.4 Å². The lowest BCUT2D eigenvalue weighted by Crippen LogP contribution is -2.12. The number of rotatable bonds is 1. The summed E-state index contributed by atoms with van der Waals surface area (Å²) in [6, 6.07) is 3.42. The molecular formula is C9H8FN3OS. The molecule has 4 nitrogen and oxygen atoms in total. The van der Waals surface area contributed by atoms with Gasteiger partial charge in [-0.25, -0.2) is 9.38 Å². The van der Waals surface area contributed by atoms with Crippen LogP contribution in [0.25, 0.3) is 0 Å². The Morgan fingerprint density at radius 3 is 3.00 bits per heavy atom. The van der Waals surface area contributed by atoms with Gasteiger partial charge in [0, 0.05) is 6.07 Å². The van der Waals surface area contributed by atoms with Gasteiger partial charge in [0.05, 0.1) is 0 Å². The van der Waals surface area contributed by atoms with Gasteiger partial charge in [0.25, 0.3) is 0 Å². The van der Waals surface area contributed by atoms with Gasteiger partial charge >= 0.3 is 0 Å². The van der Waals surface area contributed by atoms with Crippen LogP contribution < -0.4 is 5.32 Å². The third-order valence-electron chi connectivity index (χ3n) is 1.52.